The van der Waals surface area contributed by atoms with Crippen LogP contribution in [0.25, 0.3) is 0 Å². The number of H-pyrrole nitrogens is 1. The molecule has 0 radical (unpaired) electrons. The number of nitrogens with zero attached hydrogens (tertiary/aromatic N) is 3. The van der Waals surface area contributed by atoms with Crippen molar-refractivity contribution in [3.63, 3.8) is 0 Å². The van der Waals surface area contributed by atoms with Gasteiger partial charge in [-0.25, -0.2) is 18.2 Å². The van der Waals surface area contributed by atoms with Crippen molar-refractivity contribution in [2.24, 2.45) is 0 Å². The lowest BCUT2D eigenvalue weighted by atomic mass is 10.2. The molecule has 0 atom stereocenters. The van der Waals surface area contributed by atoms with Crippen molar-refractivity contribution in [1.29, 1.82) is 0 Å². The van der Waals surface area contributed by atoms with E-state index >= 15 is 0 Å². The number of aryl methyl sites for hydroxylation is 1. The molecule has 3 rings (SSSR count). The Balaban J connectivity index is 1.62. The Labute approximate surface area is 165 Å². The molecule has 0 fully saturated rings. The van der Waals surface area contributed by atoms with Crippen molar-refractivity contribution >= 4 is 32.4 Å². The normalized spacial score (nSPS) is 14.8. The molecule has 3 heterocycles. The minimum atomic E-state index is -3.34. The molecule has 2 aromatic rings. The van der Waals surface area contributed by atoms with Crippen LogP contribution in [0.5, 0.6) is 0 Å². The molecule has 0 aliphatic carbocycles. The molecular formula is C16H21N5O5S2. The minimum absolute atomic E-state index is 0.0318. The van der Waals surface area contributed by atoms with E-state index < -0.39 is 26.5 Å². The third kappa shape index (κ3) is 4.39. The van der Waals surface area contributed by atoms with E-state index in [1.54, 1.807) is 13.8 Å². The summed E-state index contributed by atoms with van der Waals surface area (Å²) in [5.74, 6) is -0.323. The second-order valence-corrected chi connectivity index (χ2v) is 10.2. The van der Waals surface area contributed by atoms with E-state index in [-0.39, 0.29) is 25.4 Å². The molecule has 10 nitrogen and oxygen atoms in total. The maximum absolute atomic E-state index is 12.3. The van der Waals surface area contributed by atoms with Gasteiger partial charge in [0.2, 0.25) is 15.9 Å². The molecule has 0 aromatic carbocycles. The van der Waals surface area contributed by atoms with Gasteiger partial charge in [-0.15, -0.1) is 11.3 Å². The Morgan fingerprint density at radius 1 is 1.39 bits per heavy atom. The van der Waals surface area contributed by atoms with E-state index in [9.17, 15) is 22.8 Å². The van der Waals surface area contributed by atoms with Gasteiger partial charge in [0.25, 0.3) is 5.56 Å². The predicted octanol–water partition coefficient (Wildman–Crippen LogP) is 0.118. The van der Waals surface area contributed by atoms with Crippen LogP contribution >= 0.6 is 11.3 Å². The van der Waals surface area contributed by atoms with Crippen LogP contribution < -0.4 is 16.6 Å². The Kier molecular flexibility index (Phi) is 5.82. The van der Waals surface area contributed by atoms with Crippen molar-refractivity contribution in [3.05, 3.63) is 43.7 Å². The van der Waals surface area contributed by atoms with Crippen LogP contribution in [0.1, 0.15) is 30.8 Å². The van der Waals surface area contributed by atoms with Gasteiger partial charge in [0.15, 0.2) is 5.13 Å². The fourth-order valence-electron chi connectivity index (χ4n) is 2.76. The minimum Gasteiger partial charge on any atom is -0.302 e. The smallest absolute Gasteiger partial charge is 0.302 e. The molecule has 2 aromatic heterocycles. The molecular weight excluding hydrogens is 406 g/mol. The fourth-order valence-corrected chi connectivity index (χ4v) is 5.14. The number of rotatable bonds is 6. The maximum Gasteiger partial charge on any atom is 0.328 e. The summed E-state index contributed by atoms with van der Waals surface area (Å²) in [6.07, 6.45) is 1.87. The number of amides is 1. The summed E-state index contributed by atoms with van der Waals surface area (Å²) in [4.78, 5) is 42.1. The molecule has 0 saturated heterocycles. The van der Waals surface area contributed by atoms with Gasteiger partial charge in [0.05, 0.1) is 10.9 Å². The average molecular weight is 428 g/mol. The Morgan fingerprint density at radius 3 is 2.82 bits per heavy atom. The maximum atomic E-state index is 12.3. The lowest BCUT2D eigenvalue weighted by Crippen LogP contribution is -2.39. The number of carbonyl (C=O) groups is 1. The first-order valence-corrected chi connectivity index (χ1v) is 11.1. The standard InChI is InChI=1S/C16H21N5O5S2/c1-10(2)28(25,26)21-8-3-11-12(9-21)27-15(17-11)18-13(22)4-6-20-7-5-14(23)19-16(20)24/h5,7,10H,3-4,6,8-9H2,1-2H3,(H,17,18,22)(H,19,23,24). The quantitative estimate of drug-likeness (QED) is 0.672. The third-order valence-electron chi connectivity index (χ3n) is 4.37. The predicted molar refractivity (Wildman–Crippen MR) is 105 cm³/mol. The highest BCUT2D eigenvalue weighted by Gasteiger charge is 2.31. The van der Waals surface area contributed by atoms with Gasteiger partial charge in [-0.2, -0.15) is 4.31 Å². The summed E-state index contributed by atoms with van der Waals surface area (Å²) in [5, 5.41) is 2.61. The van der Waals surface area contributed by atoms with Gasteiger partial charge in [-0.05, 0) is 13.8 Å². The Morgan fingerprint density at radius 2 is 2.14 bits per heavy atom. The summed E-state index contributed by atoms with van der Waals surface area (Å²) < 4.78 is 27.4. The van der Waals surface area contributed by atoms with Gasteiger partial charge < -0.3 is 9.88 Å². The summed E-state index contributed by atoms with van der Waals surface area (Å²) in [6.45, 7) is 4.05. The zero-order valence-corrected chi connectivity index (χ0v) is 17.1. The van der Waals surface area contributed by atoms with Crippen molar-refractivity contribution < 1.29 is 13.2 Å². The number of hydrogen-bond acceptors (Lipinski definition) is 7. The van der Waals surface area contributed by atoms with E-state index in [0.717, 1.165) is 10.6 Å². The van der Waals surface area contributed by atoms with Crippen molar-refractivity contribution in [2.75, 3.05) is 11.9 Å². The number of sulfonamides is 1. The van der Waals surface area contributed by atoms with Crippen LogP contribution in [-0.2, 0) is 34.3 Å². The third-order valence-corrected chi connectivity index (χ3v) is 7.60. The number of aromatic amines is 1. The summed E-state index contributed by atoms with van der Waals surface area (Å²) >= 11 is 1.26. The van der Waals surface area contributed by atoms with E-state index in [1.807, 2.05) is 0 Å². The molecule has 1 aliphatic heterocycles. The highest BCUT2D eigenvalue weighted by atomic mass is 32.2. The molecule has 2 N–H and O–H groups in total. The lowest BCUT2D eigenvalue weighted by Gasteiger charge is -2.26. The van der Waals surface area contributed by atoms with Crippen molar-refractivity contribution in [2.45, 2.75) is 45.0 Å². The molecule has 0 unspecified atom stereocenters. The number of anilines is 1. The van der Waals surface area contributed by atoms with Crippen molar-refractivity contribution in [3.8, 4) is 0 Å². The number of fused-ring (bicyclic) bond motifs is 1. The molecule has 12 heteroatoms. The summed E-state index contributed by atoms with van der Waals surface area (Å²) in [5.41, 5.74) is -0.267. The van der Waals surface area contributed by atoms with Crippen LogP contribution in [0.3, 0.4) is 0 Å². The van der Waals surface area contributed by atoms with Gasteiger partial charge in [-0.1, -0.05) is 0 Å². The van der Waals surface area contributed by atoms with Crippen LogP contribution in [0, 0.1) is 0 Å². The molecule has 0 spiro atoms. The van der Waals surface area contributed by atoms with Crippen molar-refractivity contribution in [1.82, 2.24) is 18.8 Å². The number of thiazole rings is 1. The summed E-state index contributed by atoms with van der Waals surface area (Å²) in [6, 6.07) is 1.21. The van der Waals surface area contributed by atoms with Crippen LogP contribution in [-0.4, -0.2) is 45.0 Å². The average Bonchev–Trinajstić information content (AvgIpc) is 3.02. The zero-order chi connectivity index (χ0) is 20.5. The monoisotopic (exact) mass is 427 g/mol. The lowest BCUT2D eigenvalue weighted by molar-refractivity contribution is -0.116. The molecule has 1 aliphatic rings. The van der Waals surface area contributed by atoms with E-state index in [2.05, 4.69) is 15.3 Å². The second-order valence-electron chi connectivity index (χ2n) is 6.67. The molecule has 152 valence electrons. The largest absolute Gasteiger partial charge is 0.328 e. The highest BCUT2D eigenvalue weighted by molar-refractivity contribution is 7.89. The molecule has 0 bridgehead atoms. The van der Waals surface area contributed by atoms with Gasteiger partial charge >= 0.3 is 5.69 Å². The van der Waals surface area contributed by atoms with Crippen LogP contribution in [0.4, 0.5) is 5.13 Å². The number of nitrogens with one attached hydrogen (secondary N) is 2. The zero-order valence-electron chi connectivity index (χ0n) is 15.5. The molecule has 28 heavy (non-hydrogen) atoms. The van der Waals surface area contributed by atoms with Crippen LogP contribution in [0.15, 0.2) is 21.9 Å². The first kappa shape index (κ1) is 20.4. The molecule has 1 amide bonds. The van der Waals surface area contributed by atoms with E-state index in [0.29, 0.717) is 18.1 Å². The second kappa shape index (κ2) is 7.97. The Hall–Kier alpha value is -2.31. The number of carbonyl (C=O) groups excluding carboxylic acids is 1. The number of hydrogen-bond donors (Lipinski definition) is 2. The number of aromatic nitrogens is 3. The van der Waals surface area contributed by atoms with Gasteiger partial charge in [0.1, 0.15) is 0 Å². The summed E-state index contributed by atoms with van der Waals surface area (Å²) in [7, 11) is -3.34. The topological polar surface area (TPSA) is 134 Å². The van der Waals surface area contributed by atoms with Gasteiger partial charge in [0, 0.05) is 49.6 Å². The first-order chi connectivity index (χ1) is 13.2. The Bertz CT molecular complexity index is 1100. The van der Waals surface area contributed by atoms with E-state index in [1.165, 1.54) is 32.5 Å². The van der Waals surface area contributed by atoms with Crippen LogP contribution in [0.2, 0.25) is 0 Å². The van der Waals surface area contributed by atoms with Gasteiger partial charge in [-0.3, -0.25) is 14.6 Å². The molecule has 0 saturated carbocycles. The SMILES string of the molecule is CC(C)S(=O)(=O)N1CCc2nc(NC(=O)CCn3ccc(=O)[nH]c3=O)sc2C1. The first-order valence-electron chi connectivity index (χ1n) is 8.74. The van der Waals surface area contributed by atoms with E-state index in [4.69, 9.17) is 0 Å². The highest BCUT2D eigenvalue weighted by Crippen LogP contribution is 2.30. The fraction of sp³-hybridized carbons (Fsp3) is 0.500.